The Balaban J connectivity index is 1.89. The molecule has 0 spiro atoms. The average Bonchev–Trinajstić information content (AvgIpc) is 2.78. The third-order valence-electron chi connectivity index (χ3n) is 5.18. The molecule has 0 saturated carbocycles. The molecular weight excluding hydrogens is 460 g/mol. The van der Waals surface area contributed by atoms with Gasteiger partial charge in [-0.05, 0) is 74.2 Å². The summed E-state index contributed by atoms with van der Waals surface area (Å²) in [6, 6.07) is 18.0. The minimum atomic E-state index is -3.98. The van der Waals surface area contributed by atoms with Gasteiger partial charge in [0.15, 0.2) is 0 Å². The van der Waals surface area contributed by atoms with Gasteiger partial charge in [0.1, 0.15) is 11.8 Å². The molecule has 3 aromatic carbocycles. The zero-order valence-electron chi connectivity index (χ0n) is 18.8. The number of carbonyl (C=O) groups is 1. The zero-order valence-corrected chi connectivity index (χ0v) is 20.3. The van der Waals surface area contributed by atoms with Gasteiger partial charge >= 0.3 is 0 Å². The maximum atomic E-state index is 13.2. The lowest BCUT2D eigenvalue weighted by Crippen LogP contribution is -2.45. The van der Waals surface area contributed by atoms with E-state index in [1.54, 1.807) is 38.1 Å². The Morgan fingerprint density at radius 3 is 2.42 bits per heavy atom. The number of carbonyl (C=O) groups excluding carboxylic acids is 1. The van der Waals surface area contributed by atoms with E-state index in [-0.39, 0.29) is 11.3 Å². The van der Waals surface area contributed by atoms with Gasteiger partial charge in [0.2, 0.25) is 15.9 Å². The molecule has 174 valence electrons. The number of hydrogen-bond donors (Lipinski definition) is 2. The molecule has 3 aromatic rings. The summed E-state index contributed by atoms with van der Waals surface area (Å²) in [6.07, 6.45) is 0.182. The lowest BCUT2D eigenvalue weighted by atomic mass is 10.1. The summed E-state index contributed by atoms with van der Waals surface area (Å²) in [5.74, 6) is 0.141. The third-order valence-corrected chi connectivity index (χ3v) is 7.06. The number of benzene rings is 3. The van der Waals surface area contributed by atoms with Gasteiger partial charge in [0.25, 0.3) is 0 Å². The minimum Gasteiger partial charge on any atom is -0.494 e. The maximum absolute atomic E-state index is 13.2. The van der Waals surface area contributed by atoms with Crippen molar-refractivity contribution in [3.8, 4) is 5.75 Å². The molecule has 0 heterocycles. The van der Waals surface area contributed by atoms with E-state index in [2.05, 4.69) is 10.0 Å². The number of ether oxygens (including phenoxy) is 1. The molecule has 6 nitrogen and oxygen atoms in total. The third kappa shape index (κ3) is 6.35. The van der Waals surface area contributed by atoms with Gasteiger partial charge in [-0.2, -0.15) is 4.72 Å². The summed E-state index contributed by atoms with van der Waals surface area (Å²) in [6.45, 7) is 5.91. The Morgan fingerprint density at radius 1 is 1.03 bits per heavy atom. The summed E-state index contributed by atoms with van der Waals surface area (Å²) in [7, 11) is -3.98. The van der Waals surface area contributed by atoms with Crippen LogP contribution < -0.4 is 14.8 Å². The minimum absolute atomic E-state index is 0.0632. The maximum Gasteiger partial charge on any atom is 0.242 e. The lowest BCUT2D eigenvalue weighted by molar-refractivity contribution is -0.117. The number of aryl methyl sites for hydroxylation is 1. The molecule has 0 aliphatic heterocycles. The molecule has 1 unspecified atom stereocenters. The van der Waals surface area contributed by atoms with Crippen LogP contribution in [-0.4, -0.2) is 27.0 Å². The van der Waals surface area contributed by atoms with Crippen LogP contribution in [0.2, 0.25) is 5.02 Å². The smallest absolute Gasteiger partial charge is 0.242 e. The highest BCUT2D eigenvalue weighted by molar-refractivity contribution is 7.89. The summed E-state index contributed by atoms with van der Waals surface area (Å²) in [5.41, 5.74) is 2.75. The van der Waals surface area contributed by atoms with Crippen molar-refractivity contribution in [1.82, 2.24) is 4.72 Å². The van der Waals surface area contributed by atoms with Gasteiger partial charge in [-0.1, -0.05) is 48.0 Å². The summed E-state index contributed by atoms with van der Waals surface area (Å²) in [4.78, 5) is 13.3. The highest BCUT2D eigenvalue weighted by Crippen LogP contribution is 2.24. The highest BCUT2D eigenvalue weighted by atomic mass is 35.5. The summed E-state index contributed by atoms with van der Waals surface area (Å²) in [5, 5.41) is 3.32. The molecular formula is C25H27ClN2O4S. The number of hydrogen-bond acceptors (Lipinski definition) is 4. The van der Waals surface area contributed by atoms with Crippen LogP contribution >= 0.6 is 11.6 Å². The van der Waals surface area contributed by atoms with Gasteiger partial charge < -0.3 is 10.1 Å². The first-order valence-electron chi connectivity index (χ1n) is 10.6. The van der Waals surface area contributed by atoms with Crippen LogP contribution in [0.25, 0.3) is 0 Å². The second-order valence-corrected chi connectivity index (χ2v) is 9.75. The van der Waals surface area contributed by atoms with E-state index in [1.165, 1.54) is 12.1 Å². The van der Waals surface area contributed by atoms with Crippen molar-refractivity contribution in [3.05, 3.63) is 88.4 Å². The number of rotatable bonds is 9. The molecule has 0 aliphatic carbocycles. The van der Waals surface area contributed by atoms with E-state index in [0.29, 0.717) is 34.2 Å². The van der Waals surface area contributed by atoms with Gasteiger partial charge in [-0.15, -0.1) is 0 Å². The molecule has 3 rings (SSSR count). The van der Waals surface area contributed by atoms with Crippen LogP contribution in [0.4, 0.5) is 5.69 Å². The van der Waals surface area contributed by atoms with Crippen molar-refractivity contribution in [1.29, 1.82) is 0 Å². The first-order valence-corrected chi connectivity index (χ1v) is 12.4. The number of amides is 1. The number of anilines is 1. The van der Waals surface area contributed by atoms with Crippen molar-refractivity contribution in [2.24, 2.45) is 0 Å². The molecule has 0 fully saturated rings. The molecule has 1 atom stereocenters. The Kier molecular flexibility index (Phi) is 8.13. The monoisotopic (exact) mass is 486 g/mol. The molecule has 8 heteroatoms. The van der Waals surface area contributed by atoms with Crippen LogP contribution in [0, 0.1) is 13.8 Å². The Hall–Kier alpha value is -2.87. The van der Waals surface area contributed by atoms with E-state index >= 15 is 0 Å². The fourth-order valence-corrected chi connectivity index (χ4v) is 4.82. The predicted octanol–water partition coefficient (Wildman–Crippen LogP) is 4.88. The average molecular weight is 487 g/mol. The summed E-state index contributed by atoms with van der Waals surface area (Å²) < 4.78 is 34.4. The van der Waals surface area contributed by atoms with Gasteiger partial charge in [0, 0.05) is 10.7 Å². The second kappa shape index (κ2) is 10.8. The molecule has 0 bridgehead atoms. The van der Waals surface area contributed by atoms with E-state index in [1.807, 2.05) is 37.3 Å². The standard InChI is InChI=1S/C25H27ClN2O4S/c1-4-32-24-14-13-20(15-17(24)2)33(30,31)28-23(16-19-9-6-5-7-10-19)25(29)27-22-12-8-11-21(26)18(22)3/h5-15,23,28H,4,16H2,1-3H3,(H,27,29). The van der Waals surface area contributed by atoms with Gasteiger partial charge in [-0.25, -0.2) is 8.42 Å². The van der Waals surface area contributed by atoms with E-state index in [9.17, 15) is 13.2 Å². The zero-order chi connectivity index (χ0) is 24.0. The normalized spacial score (nSPS) is 12.2. The van der Waals surface area contributed by atoms with Crippen molar-refractivity contribution < 1.29 is 17.9 Å². The first-order chi connectivity index (χ1) is 15.7. The molecule has 1 amide bonds. The lowest BCUT2D eigenvalue weighted by Gasteiger charge is -2.20. The molecule has 0 radical (unpaired) electrons. The number of nitrogens with one attached hydrogen (secondary N) is 2. The highest BCUT2D eigenvalue weighted by Gasteiger charge is 2.27. The quantitative estimate of drug-likeness (QED) is 0.451. The van der Waals surface area contributed by atoms with Crippen molar-refractivity contribution in [2.45, 2.75) is 38.1 Å². The second-order valence-electron chi connectivity index (χ2n) is 7.63. The Labute approximate surface area is 200 Å². The molecule has 0 aromatic heterocycles. The van der Waals surface area contributed by atoms with Crippen molar-refractivity contribution >= 4 is 33.2 Å². The van der Waals surface area contributed by atoms with Crippen molar-refractivity contribution in [2.75, 3.05) is 11.9 Å². The Morgan fingerprint density at radius 2 is 1.76 bits per heavy atom. The summed E-state index contributed by atoms with van der Waals surface area (Å²) >= 11 is 6.17. The number of sulfonamides is 1. The largest absolute Gasteiger partial charge is 0.494 e. The van der Waals surface area contributed by atoms with Crippen LogP contribution in [-0.2, 0) is 21.2 Å². The predicted molar refractivity (Wildman–Crippen MR) is 131 cm³/mol. The molecule has 33 heavy (non-hydrogen) atoms. The van der Waals surface area contributed by atoms with E-state index in [0.717, 1.165) is 5.56 Å². The van der Waals surface area contributed by atoms with Gasteiger partial charge in [0.05, 0.1) is 11.5 Å². The van der Waals surface area contributed by atoms with E-state index < -0.39 is 22.0 Å². The first kappa shape index (κ1) is 24.8. The van der Waals surface area contributed by atoms with Crippen LogP contribution in [0.5, 0.6) is 5.75 Å². The SMILES string of the molecule is CCOc1ccc(S(=O)(=O)NC(Cc2ccccc2)C(=O)Nc2cccc(Cl)c2C)cc1C. The topological polar surface area (TPSA) is 84.5 Å². The number of halogens is 1. The van der Waals surface area contributed by atoms with Crippen LogP contribution in [0.3, 0.4) is 0 Å². The fourth-order valence-electron chi connectivity index (χ4n) is 3.36. The van der Waals surface area contributed by atoms with E-state index in [4.69, 9.17) is 16.3 Å². The fraction of sp³-hybridized carbons (Fsp3) is 0.240. The van der Waals surface area contributed by atoms with Gasteiger partial charge in [-0.3, -0.25) is 4.79 Å². The molecule has 0 saturated heterocycles. The molecule has 0 aliphatic rings. The molecule has 2 N–H and O–H groups in total. The van der Waals surface area contributed by atoms with Crippen LogP contribution in [0.15, 0.2) is 71.6 Å². The Bertz CT molecular complexity index is 1230. The van der Waals surface area contributed by atoms with Crippen LogP contribution in [0.1, 0.15) is 23.6 Å². The van der Waals surface area contributed by atoms with Crippen molar-refractivity contribution in [3.63, 3.8) is 0 Å².